The van der Waals surface area contributed by atoms with Crippen molar-refractivity contribution in [1.82, 2.24) is 19.8 Å². The van der Waals surface area contributed by atoms with Gasteiger partial charge in [-0.1, -0.05) is 46.3 Å². The highest BCUT2D eigenvalue weighted by Gasteiger charge is 2.17. The molecule has 1 amide bonds. The number of carbonyl (C=O) groups excluding carboxylic acids is 1. The van der Waals surface area contributed by atoms with Gasteiger partial charge in [0.25, 0.3) is 5.91 Å². The first-order chi connectivity index (χ1) is 16.1. The van der Waals surface area contributed by atoms with Crippen molar-refractivity contribution in [2.75, 3.05) is 12.4 Å². The molecule has 0 saturated carbocycles. The Hall–Kier alpha value is -3.50. The van der Waals surface area contributed by atoms with Crippen LogP contribution < -0.4 is 10.1 Å². The van der Waals surface area contributed by atoms with Crippen LogP contribution in [0.25, 0.3) is 26.9 Å². The lowest BCUT2D eigenvalue weighted by Crippen LogP contribution is -2.11. The van der Waals surface area contributed by atoms with Gasteiger partial charge in [-0.3, -0.25) is 4.79 Å². The quantitative estimate of drug-likeness (QED) is 0.306. The van der Waals surface area contributed by atoms with Crippen LogP contribution in [0.3, 0.4) is 0 Å². The van der Waals surface area contributed by atoms with Crippen molar-refractivity contribution in [3.05, 3.63) is 70.7 Å². The Morgan fingerprint density at radius 1 is 1.12 bits per heavy atom. The van der Waals surface area contributed by atoms with Gasteiger partial charge in [-0.05, 0) is 42.5 Å². The van der Waals surface area contributed by atoms with E-state index in [9.17, 15) is 4.79 Å². The molecule has 33 heavy (non-hydrogen) atoms. The number of aromatic nitrogens is 4. The van der Waals surface area contributed by atoms with Crippen molar-refractivity contribution >= 4 is 43.8 Å². The molecule has 8 nitrogen and oxygen atoms in total. The van der Waals surface area contributed by atoms with E-state index in [2.05, 4.69) is 36.5 Å². The molecule has 5 rings (SSSR count). The van der Waals surface area contributed by atoms with Crippen molar-refractivity contribution < 1.29 is 13.9 Å². The highest BCUT2D eigenvalue weighted by Crippen LogP contribution is 2.33. The van der Waals surface area contributed by atoms with Gasteiger partial charge in [0, 0.05) is 22.0 Å². The van der Waals surface area contributed by atoms with Gasteiger partial charge in [-0.15, -0.1) is 10.2 Å². The molecule has 5 aromatic rings. The SMILES string of the molecule is CCc1nnc2sc(-c3ccc(OC)c(NC(=O)c4ccc(-c5ccc(Br)cc5)o4)c3)nn12. The molecule has 1 N–H and O–H groups in total. The molecule has 0 aliphatic carbocycles. The largest absolute Gasteiger partial charge is 0.495 e. The van der Waals surface area contributed by atoms with E-state index in [1.165, 1.54) is 11.3 Å². The first-order valence-electron chi connectivity index (χ1n) is 10.1. The van der Waals surface area contributed by atoms with Gasteiger partial charge in [0.2, 0.25) is 4.96 Å². The number of methoxy groups -OCH3 is 1. The fourth-order valence-electron chi connectivity index (χ4n) is 3.35. The molecule has 0 bridgehead atoms. The number of ether oxygens (including phenoxy) is 1. The van der Waals surface area contributed by atoms with Crippen LogP contribution in [-0.2, 0) is 6.42 Å². The smallest absolute Gasteiger partial charge is 0.291 e. The summed E-state index contributed by atoms with van der Waals surface area (Å²) >= 11 is 4.84. The van der Waals surface area contributed by atoms with Gasteiger partial charge >= 0.3 is 0 Å². The molecular formula is C23H18BrN5O3S. The number of rotatable bonds is 6. The molecule has 3 heterocycles. The van der Waals surface area contributed by atoms with E-state index in [1.807, 2.05) is 43.3 Å². The van der Waals surface area contributed by atoms with Crippen LogP contribution in [0, 0.1) is 0 Å². The van der Waals surface area contributed by atoms with Crippen LogP contribution in [0.2, 0.25) is 0 Å². The minimum absolute atomic E-state index is 0.201. The second-order valence-corrected chi connectivity index (χ2v) is 8.98. The van der Waals surface area contributed by atoms with E-state index in [-0.39, 0.29) is 11.7 Å². The first-order valence-corrected chi connectivity index (χ1v) is 11.7. The number of nitrogens with zero attached hydrogens (tertiary/aromatic N) is 4. The van der Waals surface area contributed by atoms with Gasteiger partial charge in [0.05, 0.1) is 12.8 Å². The highest BCUT2D eigenvalue weighted by atomic mass is 79.9. The number of amides is 1. The summed E-state index contributed by atoms with van der Waals surface area (Å²) in [4.78, 5) is 13.6. The number of nitrogens with one attached hydrogen (secondary N) is 1. The predicted molar refractivity (Wildman–Crippen MR) is 130 cm³/mol. The molecule has 0 saturated heterocycles. The van der Waals surface area contributed by atoms with E-state index < -0.39 is 0 Å². The molecule has 0 aliphatic rings. The summed E-state index contributed by atoms with van der Waals surface area (Å²) in [6.07, 6.45) is 0.736. The molecule has 10 heteroatoms. The summed E-state index contributed by atoms with van der Waals surface area (Å²) < 4.78 is 14.0. The van der Waals surface area contributed by atoms with E-state index in [1.54, 1.807) is 29.8 Å². The summed E-state index contributed by atoms with van der Waals surface area (Å²) in [5.41, 5.74) is 2.23. The molecule has 0 radical (unpaired) electrons. The zero-order valence-corrected chi connectivity index (χ0v) is 20.1. The fraction of sp³-hybridized carbons (Fsp3) is 0.130. The Bertz CT molecular complexity index is 1450. The standard InChI is InChI=1S/C23H18BrN5O3S/c1-3-20-26-27-23-29(20)28-22(33-23)14-6-9-18(31-2)16(12-14)25-21(30)19-11-10-17(32-19)13-4-7-15(24)8-5-13/h4-12H,3H2,1-2H3,(H,25,30). The topological polar surface area (TPSA) is 94.6 Å². The van der Waals surface area contributed by atoms with Crippen LogP contribution in [-0.4, -0.2) is 32.8 Å². The number of hydrogen-bond donors (Lipinski definition) is 1. The molecule has 2 aromatic carbocycles. The van der Waals surface area contributed by atoms with Crippen LogP contribution in [0.5, 0.6) is 5.75 Å². The van der Waals surface area contributed by atoms with Crippen LogP contribution in [0.1, 0.15) is 23.3 Å². The molecule has 166 valence electrons. The maximum atomic E-state index is 12.9. The summed E-state index contributed by atoms with van der Waals surface area (Å²) in [6.45, 7) is 2.01. The van der Waals surface area contributed by atoms with E-state index in [0.717, 1.165) is 37.8 Å². The number of anilines is 1. The van der Waals surface area contributed by atoms with Gasteiger partial charge in [0.15, 0.2) is 11.6 Å². The van der Waals surface area contributed by atoms with E-state index in [4.69, 9.17) is 9.15 Å². The van der Waals surface area contributed by atoms with Crippen LogP contribution in [0.15, 0.2) is 63.5 Å². The zero-order valence-electron chi connectivity index (χ0n) is 17.7. The average molecular weight is 524 g/mol. The monoisotopic (exact) mass is 523 g/mol. The minimum atomic E-state index is -0.375. The minimum Gasteiger partial charge on any atom is -0.495 e. The van der Waals surface area contributed by atoms with E-state index >= 15 is 0 Å². The first kappa shape index (κ1) is 21.4. The lowest BCUT2D eigenvalue weighted by Gasteiger charge is -2.10. The Morgan fingerprint density at radius 3 is 2.67 bits per heavy atom. The Morgan fingerprint density at radius 2 is 1.91 bits per heavy atom. The number of carbonyl (C=O) groups is 1. The lowest BCUT2D eigenvalue weighted by molar-refractivity contribution is 0.0997. The van der Waals surface area contributed by atoms with Gasteiger partial charge < -0.3 is 14.5 Å². The van der Waals surface area contributed by atoms with Gasteiger partial charge in [-0.25, -0.2) is 0 Å². The fourth-order valence-corrected chi connectivity index (χ4v) is 4.47. The zero-order chi connectivity index (χ0) is 22.9. The third-order valence-electron chi connectivity index (χ3n) is 5.02. The van der Waals surface area contributed by atoms with Crippen molar-refractivity contribution in [2.45, 2.75) is 13.3 Å². The Kier molecular flexibility index (Phi) is 5.69. The second kappa shape index (κ2) is 8.80. The van der Waals surface area contributed by atoms with Crippen molar-refractivity contribution in [1.29, 1.82) is 0 Å². The third kappa shape index (κ3) is 4.14. The molecule has 0 fully saturated rings. The van der Waals surface area contributed by atoms with Crippen LogP contribution in [0.4, 0.5) is 5.69 Å². The average Bonchev–Trinajstić information content (AvgIpc) is 3.55. The molecule has 0 unspecified atom stereocenters. The number of benzene rings is 2. The Balaban J connectivity index is 1.42. The number of furan rings is 1. The second-order valence-electron chi connectivity index (χ2n) is 7.11. The molecule has 0 atom stereocenters. The molecular weight excluding hydrogens is 506 g/mol. The van der Waals surface area contributed by atoms with Gasteiger partial charge in [0.1, 0.15) is 16.5 Å². The summed E-state index contributed by atoms with van der Waals surface area (Å²) in [5, 5.41) is 16.6. The predicted octanol–water partition coefficient (Wildman–Crippen LogP) is 5.70. The number of fused-ring (bicyclic) bond motifs is 1. The Labute approximate surface area is 201 Å². The maximum absolute atomic E-state index is 12.9. The number of aryl methyl sites for hydroxylation is 1. The van der Waals surface area contributed by atoms with Crippen molar-refractivity contribution in [2.24, 2.45) is 0 Å². The summed E-state index contributed by atoms with van der Waals surface area (Å²) in [6, 6.07) is 16.6. The van der Waals surface area contributed by atoms with Crippen molar-refractivity contribution in [3.8, 4) is 27.6 Å². The molecule has 3 aromatic heterocycles. The maximum Gasteiger partial charge on any atom is 0.291 e. The number of halogens is 1. The molecule has 0 aliphatic heterocycles. The highest BCUT2D eigenvalue weighted by molar-refractivity contribution is 9.10. The van der Waals surface area contributed by atoms with E-state index in [0.29, 0.717) is 17.2 Å². The third-order valence-corrected chi connectivity index (χ3v) is 6.50. The van der Waals surface area contributed by atoms with Crippen molar-refractivity contribution in [3.63, 3.8) is 0 Å². The van der Waals surface area contributed by atoms with Crippen LogP contribution >= 0.6 is 27.3 Å². The molecule has 0 spiro atoms. The normalized spacial score (nSPS) is 11.1. The summed E-state index contributed by atoms with van der Waals surface area (Å²) in [5.74, 6) is 1.77. The summed E-state index contributed by atoms with van der Waals surface area (Å²) in [7, 11) is 1.56. The lowest BCUT2D eigenvalue weighted by atomic mass is 10.2. The van der Waals surface area contributed by atoms with Gasteiger partial charge in [-0.2, -0.15) is 9.61 Å². The number of hydrogen-bond acceptors (Lipinski definition) is 7.